The fourth-order valence-electron chi connectivity index (χ4n) is 4.00. The van der Waals surface area contributed by atoms with E-state index in [1.54, 1.807) is 60.7 Å². The van der Waals surface area contributed by atoms with Gasteiger partial charge in [0.25, 0.3) is 15.9 Å². The van der Waals surface area contributed by atoms with E-state index in [2.05, 4.69) is 0 Å². The molecule has 6 nitrogen and oxygen atoms in total. The first-order valence-corrected chi connectivity index (χ1v) is 13.5. The minimum atomic E-state index is -3.83. The Morgan fingerprint density at radius 3 is 2.17 bits per heavy atom. The molecule has 1 saturated heterocycles. The van der Waals surface area contributed by atoms with Gasteiger partial charge in [-0.1, -0.05) is 41.4 Å². The molecule has 0 aliphatic carbocycles. The third-order valence-corrected chi connectivity index (χ3v) is 8.08. The largest absolute Gasteiger partial charge is 0.484 e. The SMILES string of the molecule is Cc1ccc(S(=O)(=O)N(Cc2ccc(Cl)cc2)c2ccc(OCC(=O)N3CCCCC3)cc2)cc1. The van der Waals surface area contributed by atoms with E-state index >= 15 is 0 Å². The Hall–Kier alpha value is -3.03. The number of hydrogen-bond acceptors (Lipinski definition) is 4. The van der Waals surface area contributed by atoms with Crippen molar-refractivity contribution < 1.29 is 17.9 Å². The summed E-state index contributed by atoms with van der Waals surface area (Å²) in [5, 5.41) is 0.585. The van der Waals surface area contributed by atoms with Crippen LogP contribution in [0.5, 0.6) is 5.75 Å². The Labute approximate surface area is 212 Å². The molecule has 1 aliphatic heterocycles. The second-order valence-electron chi connectivity index (χ2n) is 8.68. The van der Waals surface area contributed by atoms with Crippen LogP contribution in [0.15, 0.2) is 77.7 Å². The third kappa shape index (κ3) is 6.35. The van der Waals surface area contributed by atoms with Crippen molar-refractivity contribution in [3.8, 4) is 5.75 Å². The summed E-state index contributed by atoms with van der Waals surface area (Å²) in [6, 6.07) is 20.7. The number of carbonyl (C=O) groups excluding carboxylic acids is 1. The second-order valence-corrected chi connectivity index (χ2v) is 11.0. The van der Waals surface area contributed by atoms with E-state index < -0.39 is 10.0 Å². The molecule has 0 atom stereocenters. The molecule has 1 aliphatic rings. The molecular weight excluding hydrogens is 484 g/mol. The third-order valence-electron chi connectivity index (χ3n) is 6.04. The van der Waals surface area contributed by atoms with E-state index in [9.17, 15) is 13.2 Å². The lowest BCUT2D eigenvalue weighted by Gasteiger charge is -2.27. The van der Waals surface area contributed by atoms with Crippen LogP contribution in [-0.4, -0.2) is 38.9 Å². The van der Waals surface area contributed by atoms with Crippen molar-refractivity contribution in [3.63, 3.8) is 0 Å². The van der Waals surface area contributed by atoms with Gasteiger partial charge in [-0.3, -0.25) is 9.10 Å². The predicted octanol–water partition coefficient (Wildman–Crippen LogP) is 5.44. The van der Waals surface area contributed by atoms with Crippen LogP contribution in [0.2, 0.25) is 5.02 Å². The van der Waals surface area contributed by atoms with Crippen LogP contribution in [0.3, 0.4) is 0 Å². The van der Waals surface area contributed by atoms with E-state index in [0.29, 0.717) is 16.5 Å². The van der Waals surface area contributed by atoms with Crippen molar-refractivity contribution in [2.75, 3.05) is 24.0 Å². The fraction of sp³-hybridized carbons (Fsp3) is 0.296. The first-order chi connectivity index (χ1) is 16.8. The number of amides is 1. The number of anilines is 1. The Balaban J connectivity index is 1.55. The van der Waals surface area contributed by atoms with Crippen LogP contribution in [0.4, 0.5) is 5.69 Å². The van der Waals surface area contributed by atoms with Crippen LogP contribution in [0, 0.1) is 6.92 Å². The summed E-state index contributed by atoms with van der Waals surface area (Å²) in [4.78, 5) is 14.4. The molecule has 0 unspecified atom stereocenters. The van der Waals surface area contributed by atoms with E-state index in [1.807, 2.05) is 24.0 Å². The van der Waals surface area contributed by atoms with Crippen molar-refractivity contribution in [2.45, 2.75) is 37.6 Å². The Bertz CT molecular complexity index is 1240. The number of halogens is 1. The lowest BCUT2D eigenvalue weighted by atomic mass is 10.1. The highest BCUT2D eigenvalue weighted by Gasteiger charge is 2.25. The quantitative estimate of drug-likeness (QED) is 0.403. The summed E-state index contributed by atoms with van der Waals surface area (Å²) >= 11 is 6.01. The molecule has 3 aromatic rings. The molecular formula is C27H29ClN2O4S. The highest BCUT2D eigenvalue weighted by atomic mass is 35.5. The number of piperidine rings is 1. The molecule has 0 bridgehead atoms. The number of carbonyl (C=O) groups is 1. The van der Waals surface area contributed by atoms with E-state index in [1.165, 1.54) is 4.31 Å². The van der Waals surface area contributed by atoms with Crippen molar-refractivity contribution in [2.24, 2.45) is 0 Å². The fourth-order valence-corrected chi connectivity index (χ4v) is 5.58. The maximum atomic E-state index is 13.6. The molecule has 1 fully saturated rings. The monoisotopic (exact) mass is 512 g/mol. The highest BCUT2D eigenvalue weighted by Crippen LogP contribution is 2.28. The first-order valence-electron chi connectivity index (χ1n) is 11.7. The van der Waals surface area contributed by atoms with Gasteiger partial charge in [-0.25, -0.2) is 8.42 Å². The van der Waals surface area contributed by atoms with Gasteiger partial charge < -0.3 is 9.64 Å². The number of likely N-dealkylation sites (tertiary alicyclic amines) is 1. The zero-order valence-electron chi connectivity index (χ0n) is 19.7. The second kappa shape index (κ2) is 11.1. The molecule has 1 amide bonds. The topological polar surface area (TPSA) is 66.9 Å². The van der Waals surface area contributed by atoms with Crippen LogP contribution in [0.25, 0.3) is 0 Å². The Morgan fingerprint density at radius 2 is 1.54 bits per heavy atom. The lowest BCUT2D eigenvalue weighted by molar-refractivity contribution is -0.134. The van der Waals surface area contributed by atoms with Gasteiger partial charge in [0.15, 0.2) is 6.61 Å². The number of sulfonamides is 1. The van der Waals surface area contributed by atoms with Gasteiger partial charge in [0.05, 0.1) is 17.1 Å². The number of hydrogen-bond donors (Lipinski definition) is 0. The average Bonchev–Trinajstić information content (AvgIpc) is 2.88. The average molecular weight is 513 g/mol. The lowest BCUT2D eigenvalue weighted by Crippen LogP contribution is -2.38. The Morgan fingerprint density at radius 1 is 0.914 bits per heavy atom. The number of benzene rings is 3. The smallest absolute Gasteiger partial charge is 0.264 e. The van der Waals surface area contributed by atoms with Crippen LogP contribution in [-0.2, 0) is 21.4 Å². The van der Waals surface area contributed by atoms with Gasteiger partial charge >= 0.3 is 0 Å². The minimum absolute atomic E-state index is 0.0277. The van der Waals surface area contributed by atoms with Gasteiger partial charge in [-0.05, 0) is 80.3 Å². The summed E-state index contributed by atoms with van der Waals surface area (Å²) in [6.07, 6.45) is 3.21. The molecule has 3 aromatic carbocycles. The maximum Gasteiger partial charge on any atom is 0.264 e. The standard InChI is InChI=1S/C27H29ClN2O4S/c1-21-5-15-26(16-6-21)35(32,33)30(19-22-7-9-23(28)10-8-22)24-11-13-25(14-12-24)34-20-27(31)29-17-3-2-4-18-29/h5-16H,2-4,17-20H2,1H3. The summed E-state index contributed by atoms with van der Waals surface area (Å²) in [6.45, 7) is 3.57. The Kier molecular flexibility index (Phi) is 7.98. The van der Waals surface area contributed by atoms with Crippen LogP contribution >= 0.6 is 11.6 Å². The zero-order chi connectivity index (χ0) is 24.8. The van der Waals surface area contributed by atoms with Gasteiger partial charge in [0.1, 0.15) is 5.75 Å². The highest BCUT2D eigenvalue weighted by molar-refractivity contribution is 7.92. The number of aryl methyl sites for hydroxylation is 1. The van der Waals surface area contributed by atoms with Gasteiger partial charge in [-0.2, -0.15) is 0 Å². The molecule has 0 saturated carbocycles. The van der Waals surface area contributed by atoms with Crippen molar-refractivity contribution >= 4 is 33.2 Å². The summed E-state index contributed by atoms with van der Waals surface area (Å²) in [7, 11) is -3.83. The normalized spacial score (nSPS) is 13.9. The molecule has 4 rings (SSSR count). The summed E-state index contributed by atoms with van der Waals surface area (Å²) < 4.78 is 34.3. The van der Waals surface area contributed by atoms with Crippen molar-refractivity contribution in [1.29, 1.82) is 0 Å². The molecule has 0 aromatic heterocycles. The van der Waals surface area contributed by atoms with Gasteiger partial charge in [0.2, 0.25) is 0 Å². The molecule has 0 spiro atoms. The first kappa shape index (κ1) is 25.1. The molecule has 1 heterocycles. The molecule has 35 heavy (non-hydrogen) atoms. The summed E-state index contributed by atoms with van der Waals surface area (Å²) in [5.74, 6) is 0.485. The number of nitrogens with zero attached hydrogens (tertiary/aromatic N) is 2. The van der Waals surface area contributed by atoms with Crippen LogP contribution < -0.4 is 9.04 Å². The van der Waals surface area contributed by atoms with Gasteiger partial charge in [-0.15, -0.1) is 0 Å². The van der Waals surface area contributed by atoms with E-state index in [4.69, 9.17) is 16.3 Å². The molecule has 0 radical (unpaired) electrons. The predicted molar refractivity (Wildman–Crippen MR) is 138 cm³/mol. The minimum Gasteiger partial charge on any atom is -0.484 e. The number of rotatable bonds is 8. The van der Waals surface area contributed by atoms with E-state index in [-0.39, 0.29) is 24.0 Å². The van der Waals surface area contributed by atoms with Crippen molar-refractivity contribution in [1.82, 2.24) is 4.90 Å². The van der Waals surface area contributed by atoms with Crippen molar-refractivity contribution in [3.05, 3.63) is 88.9 Å². The molecule has 8 heteroatoms. The molecule has 0 N–H and O–H groups in total. The summed E-state index contributed by atoms with van der Waals surface area (Å²) in [5.41, 5.74) is 2.28. The molecule has 184 valence electrons. The van der Waals surface area contributed by atoms with Gasteiger partial charge in [0, 0.05) is 18.1 Å². The maximum absolute atomic E-state index is 13.6. The van der Waals surface area contributed by atoms with E-state index in [0.717, 1.165) is 43.5 Å². The van der Waals surface area contributed by atoms with Crippen LogP contribution in [0.1, 0.15) is 30.4 Å². The zero-order valence-corrected chi connectivity index (χ0v) is 21.3. The number of ether oxygens (including phenoxy) is 1.